The van der Waals surface area contributed by atoms with E-state index >= 15 is 0 Å². The van der Waals surface area contributed by atoms with Crippen molar-refractivity contribution >= 4 is 5.91 Å². The van der Waals surface area contributed by atoms with Crippen molar-refractivity contribution in [3.63, 3.8) is 0 Å². The molecule has 1 atom stereocenters. The quantitative estimate of drug-likeness (QED) is 0.768. The van der Waals surface area contributed by atoms with Crippen LogP contribution in [0.5, 0.6) is 0 Å². The molecule has 4 rings (SSSR count). The fourth-order valence-corrected chi connectivity index (χ4v) is 2.98. The van der Waals surface area contributed by atoms with E-state index in [0.29, 0.717) is 17.3 Å². The van der Waals surface area contributed by atoms with E-state index in [4.69, 9.17) is 0 Å². The van der Waals surface area contributed by atoms with Crippen LogP contribution < -0.4 is 5.32 Å². The van der Waals surface area contributed by atoms with Crippen molar-refractivity contribution in [2.45, 2.75) is 25.8 Å². The smallest absolute Gasteiger partial charge is 0.254 e. The molecule has 1 fully saturated rings. The van der Waals surface area contributed by atoms with Gasteiger partial charge in [-0.2, -0.15) is 0 Å². The lowest BCUT2D eigenvalue weighted by atomic mass is 10.0. The van der Waals surface area contributed by atoms with E-state index in [0.717, 1.165) is 29.7 Å². The molecule has 1 aliphatic carbocycles. The van der Waals surface area contributed by atoms with Crippen LogP contribution in [0.1, 0.15) is 40.5 Å². The Balaban J connectivity index is 1.53. The lowest BCUT2D eigenvalue weighted by Gasteiger charge is -2.19. The molecule has 0 saturated heterocycles. The zero-order valence-corrected chi connectivity index (χ0v) is 14.5. The van der Waals surface area contributed by atoms with Gasteiger partial charge in [-0.05, 0) is 49.4 Å². The number of aryl methyl sites for hydroxylation is 1. The summed E-state index contributed by atoms with van der Waals surface area (Å²) < 4.78 is 0. The Hall–Kier alpha value is -3.15. The molecular weight excluding hydrogens is 326 g/mol. The highest BCUT2D eigenvalue weighted by molar-refractivity contribution is 5.94. The van der Waals surface area contributed by atoms with Crippen molar-refractivity contribution in [1.82, 2.24) is 25.3 Å². The number of rotatable bonds is 5. The number of nitrogens with one attached hydrogen (secondary N) is 1. The van der Waals surface area contributed by atoms with Gasteiger partial charge in [0.25, 0.3) is 5.91 Å². The van der Waals surface area contributed by atoms with Crippen molar-refractivity contribution in [1.29, 1.82) is 0 Å². The van der Waals surface area contributed by atoms with Gasteiger partial charge in [-0.15, -0.1) is 0 Å². The van der Waals surface area contributed by atoms with Crippen LogP contribution in [0.4, 0.5) is 0 Å². The molecule has 26 heavy (non-hydrogen) atoms. The van der Waals surface area contributed by atoms with E-state index in [9.17, 15) is 4.79 Å². The summed E-state index contributed by atoms with van der Waals surface area (Å²) in [4.78, 5) is 29.8. The number of carbonyl (C=O) groups is 1. The molecule has 0 radical (unpaired) electrons. The van der Waals surface area contributed by atoms with E-state index in [-0.39, 0.29) is 11.9 Å². The molecular formula is C20H19N5O. The van der Waals surface area contributed by atoms with Crippen LogP contribution in [0.15, 0.2) is 55.2 Å². The molecule has 1 unspecified atom stereocenters. The van der Waals surface area contributed by atoms with Gasteiger partial charge in [0.2, 0.25) is 0 Å². The minimum atomic E-state index is -0.176. The van der Waals surface area contributed by atoms with Crippen LogP contribution in [0.2, 0.25) is 0 Å². The summed E-state index contributed by atoms with van der Waals surface area (Å²) in [6.07, 6.45) is 10.5. The van der Waals surface area contributed by atoms with Gasteiger partial charge >= 0.3 is 0 Å². The predicted octanol–water partition coefficient (Wildman–Crippen LogP) is 3.12. The Morgan fingerprint density at radius 1 is 1.08 bits per heavy atom. The van der Waals surface area contributed by atoms with Gasteiger partial charge < -0.3 is 5.32 Å². The minimum absolute atomic E-state index is 0.0679. The molecule has 6 heteroatoms. The minimum Gasteiger partial charge on any atom is -0.343 e. The van der Waals surface area contributed by atoms with Crippen LogP contribution in [0, 0.1) is 12.8 Å². The van der Waals surface area contributed by atoms with Crippen molar-refractivity contribution in [3.05, 3.63) is 72.1 Å². The number of nitrogens with zero attached hydrogens (tertiary/aromatic N) is 4. The fraction of sp³-hybridized carbons (Fsp3) is 0.250. The lowest BCUT2D eigenvalue weighted by Crippen LogP contribution is -2.31. The highest BCUT2D eigenvalue weighted by Crippen LogP contribution is 2.41. The molecule has 0 bridgehead atoms. The van der Waals surface area contributed by atoms with E-state index in [1.54, 1.807) is 31.0 Å². The summed E-state index contributed by atoms with van der Waals surface area (Å²) in [7, 11) is 0. The van der Waals surface area contributed by atoms with Crippen molar-refractivity contribution in [3.8, 4) is 11.4 Å². The Bertz CT molecular complexity index is 907. The molecule has 6 nitrogen and oxygen atoms in total. The van der Waals surface area contributed by atoms with Gasteiger partial charge in [-0.1, -0.05) is 6.07 Å². The third-order valence-electron chi connectivity index (χ3n) is 4.56. The largest absolute Gasteiger partial charge is 0.343 e. The first kappa shape index (κ1) is 16.3. The normalized spacial score (nSPS) is 14.7. The molecule has 1 N–H and O–H groups in total. The third-order valence-corrected chi connectivity index (χ3v) is 4.56. The lowest BCUT2D eigenvalue weighted by molar-refractivity contribution is 0.0930. The Morgan fingerprint density at radius 2 is 1.85 bits per heavy atom. The topological polar surface area (TPSA) is 80.7 Å². The molecule has 1 aliphatic rings. The molecule has 0 aliphatic heterocycles. The van der Waals surface area contributed by atoms with Gasteiger partial charge in [0, 0.05) is 36.5 Å². The highest BCUT2D eigenvalue weighted by atomic mass is 16.1. The predicted molar refractivity (Wildman–Crippen MR) is 97.2 cm³/mol. The molecule has 1 saturated carbocycles. The van der Waals surface area contributed by atoms with Crippen LogP contribution in [-0.2, 0) is 0 Å². The summed E-state index contributed by atoms with van der Waals surface area (Å²) in [5.41, 5.74) is 3.29. The van der Waals surface area contributed by atoms with E-state index in [1.807, 2.05) is 31.2 Å². The second-order valence-electron chi connectivity index (χ2n) is 6.53. The summed E-state index contributed by atoms with van der Waals surface area (Å²) in [6, 6.07) is 7.58. The van der Waals surface area contributed by atoms with E-state index in [1.165, 1.54) is 0 Å². The maximum Gasteiger partial charge on any atom is 0.254 e. The third kappa shape index (κ3) is 3.44. The van der Waals surface area contributed by atoms with Crippen LogP contribution in [0.25, 0.3) is 11.4 Å². The van der Waals surface area contributed by atoms with Crippen LogP contribution in [-0.4, -0.2) is 25.8 Å². The first-order valence-electron chi connectivity index (χ1n) is 8.67. The Kier molecular flexibility index (Phi) is 4.39. The van der Waals surface area contributed by atoms with Crippen molar-refractivity contribution in [2.24, 2.45) is 5.92 Å². The maximum absolute atomic E-state index is 12.7. The second-order valence-corrected chi connectivity index (χ2v) is 6.53. The highest BCUT2D eigenvalue weighted by Gasteiger charge is 2.35. The van der Waals surface area contributed by atoms with Gasteiger partial charge in [0.1, 0.15) is 0 Å². The summed E-state index contributed by atoms with van der Waals surface area (Å²) in [5, 5.41) is 3.12. The zero-order valence-electron chi connectivity index (χ0n) is 14.5. The van der Waals surface area contributed by atoms with Crippen LogP contribution >= 0.6 is 0 Å². The molecule has 0 aromatic carbocycles. The fourth-order valence-electron chi connectivity index (χ4n) is 2.98. The van der Waals surface area contributed by atoms with Crippen molar-refractivity contribution < 1.29 is 4.79 Å². The Morgan fingerprint density at radius 3 is 2.50 bits per heavy atom. The number of hydrogen-bond acceptors (Lipinski definition) is 5. The number of hydrogen-bond donors (Lipinski definition) is 1. The molecule has 0 spiro atoms. The van der Waals surface area contributed by atoms with Gasteiger partial charge in [-0.3, -0.25) is 14.8 Å². The van der Waals surface area contributed by atoms with Crippen molar-refractivity contribution in [2.75, 3.05) is 0 Å². The second kappa shape index (κ2) is 7.00. The standard InChI is InChI=1S/C20H19N5O/c1-13-4-2-9-22-17(13)18(14-6-7-14)25-20(26)16-11-23-19(24-12-16)15-5-3-8-21-10-15/h2-5,8-12,14,18H,6-7H2,1H3,(H,25,26). The molecule has 130 valence electrons. The average Bonchev–Trinajstić information content (AvgIpc) is 3.53. The van der Waals surface area contributed by atoms with E-state index < -0.39 is 0 Å². The number of carbonyl (C=O) groups excluding carboxylic acids is 1. The zero-order chi connectivity index (χ0) is 17.9. The molecule has 1 amide bonds. The summed E-state index contributed by atoms with van der Waals surface area (Å²) in [5.74, 6) is 0.821. The number of amides is 1. The Labute approximate surface area is 151 Å². The number of pyridine rings is 2. The molecule has 3 aromatic rings. The first-order chi connectivity index (χ1) is 12.7. The SMILES string of the molecule is Cc1cccnc1C(NC(=O)c1cnc(-c2cccnc2)nc1)C1CC1. The first-order valence-corrected chi connectivity index (χ1v) is 8.67. The number of aromatic nitrogens is 4. The summed E-state index contributed by atoms with van der Waals surface area (Å²) >= 11 is 0. The molecule has 3 heterocycles. The summed E-state index contributed by atoms with van der Waals surface area (Å²) in [6.45, 7) is 2.02. The van der Waals surface area contributed by atoms with Gasteiger partial charge in [0.15, 0.2) is 5.82 Å². The average molecular weight is 345 g/mol. The van der Waals surface area contributed by atoms with E-state index in [2.05, 4.69) is 25.3 Å². The van der Waals surface area contributed by atoms with Crippen LogP contribution in [0.3, 0.4) is 0 Å². The van der Waals surface area contributed by atoms with Gasteiger partial charge in [-0.25, -0.2) is 9.97 Å². The van der Waals surface area contributed by atoms with Gasteiger partial charge in [0.05, 0.1) is 17.3 Å². The monoisotopic (exact) mass is 345 g/mol. The molecule has 3 aromatic heterocycles. The maximum atomic E-state index is 12.7.